The number of aromatic nitrogens is 1. The molecule has 0 fully saturated rings. The number of carbonyl (C=O) groups excluding carboxylic acids is 1. The maximum absolute atomic E-state index is 12.1. The van der Waals surface area contributed by atoms with Crippen LogP contribution in [0, 0.1) is 11.3 Å². The van der Waals surface area contributed by atoms with E-state index in [-0.39, 0.29) is 33.1 Å². The molecule has 6 nitrogen and oxygen atoms in total. The molecule has 30 heavy (non-hydrogen) atoms. The van der Waals surface area contributed by atoms with Crippen molar-refractivity contribution < 1.29 is 9.53 Å². The third-order valence-corrected chi connectivity index (χ3v) is 4.78. The third kappa shape index (κ3) is 5.28. The summed E-state index contributed by atoms with van der Waals surface area (Å²) in [6, 6.07) is 15.5. The number of pyridine rings is 1. The largest absolute Gasteiger partial charge is 0.486 e. The van der Waals surface area contributed by atoms with Crippen LogP contribution in [-0.4, -0.2) is 17.1 Å². The molecule has 0 spiro atoms. The molecule has 1 amide bonds. The summed E-state index contributed by atoms with van der Waals surface area (Å²) in [6.45, 7) is 0.137. The lowest BCUT2D eigenvalue weighted by Crippen LogP contribution is -2.18. The van der Waals surface area contributed by atoms with Crippen LogP contribution in [0.25, 0.3) is 0 Å². The fourth-order valence-corrected chi connectivity index (χ4v) is 3.30. The maximum atomic E-state index is 12.1. The monoisotopic (exact) mass is 458 g/mol. The number of halogens is 3. The number of amides is 1. The van der Waals surface area contributed by atoms with Crippen LogP contribution in [0.5, 0.6) is 5.75 Å². The minimum Gasteiger partial charge on any atom is -0.486 e. The van der Waals surface area contributed by atoms with Crippen LogP contribution < -0.4 is 10.2 Å². The van der Waals surface area contributed by atoms with Crippen molar-refractivity contribution in [2.45, 2.75) is 6.61 Å². The summed E-state index contributed by atoms with van der Waals surface area (Å²) in [5, 5.41) is 13.6. The number of hydrogen-bond donors (Lipinski definition) is 1. The van der Waals surface area contributed by atoms with E-state index in [1.165, 1.54) is 18.5 Å². The highest BCUT2D eigenvalue weighted by Gasteiger charge is 2.12. The smallest absolute Gasteiger partial charge is 0.274 e. The van der Waals surface area contributed by atoms with Gasteiger partial charge in [0.1, 0.15) is 11.8 Å². The van der Waals surface area contributed by atoms with Crippen molar-refractivity contribution >= 4 is 46.9 Å². The summed E-state index contributed by atoms with van der Waals surface area (Å²) in [5.74, 6) is -0.216. The average molecular weight is 460 g/mol. The number of benzene rings is 2. The van der Waals surface area contributed by atoms with Gasteiger partial charge in [0.2, 0.25) is 0 Å². The van der Waals surface area contributed by atoms with Gasteiger partial charge < -0.3 is 4.74 Å². The van der Waals surface area contributed by atoms with E-state index in [4.69, 9.17) is 44.8 Å². The van der Waals surface area contributed by atoms with Crippen LogP contribution >= 0.6 is 34.8 Å². The first kappa shape index (κ1) is 21.6. The highest BCUT2D eigenvalue weighted by molar-refractivity contribution is 6.37. The first-order chi connectivity index (χ1) is 14.5. The predicted molar refractivity (Wildman–Crippen MR) is 116 cm³/mol. The number of hydrogen-bond acceptors (Lipinski definition) is 5. The van der Waals surface area contributed by atoms with Crippen LogP contribution in [0.15, 0.2) is 59.8 Å². The fourth-order valence-electron chi connectivity index (χ4n) is 2.48. The van der Waals surface area contributed by atoms with Crippen molar-refractivity contribution in [1.29, 1.82) is 5.26 Å². The number of nitrogens with zero attached hydrogens (tertiary/aromatic N) is 3. The van der Waals surface area contributed by atoms with Gasteiger partial charge in [0, 0.05) is 11.8 Å². The molecule has 1 heterocycles. The van der Waals surface area contributed by atoms with Crippen molar-refractivity contribution in [2.24, 2.45) is 5.10 Å². The Morgan fingerprint density at radius 1 is 1.17 bits per heavy atom. The number of rotatable bonds is 6. The number of nitrogens with one attached hydrogen (secondary N) is 1. The Labute approximate surface area is 187 Å². The van der Waals surface area contributed by atoms with E-state index in [1.54, 1.807) is 36.4 Å². The fraction of sp³-hybridized carbons (Fsp3) is 0.0476. The van der Waals surface area contributed by atoms with Crippen LogP contribution in [-0.2, 0) is 6.61 Å². The Kier molecular flexibility index (Phi) is 7.26. The molecule has 0 radical (unpaired) electrons. The molecule has 0 aliphatic carbocycles. The second-order valence-electron chi connectivity index (χ2n) is 5.91. The first-order valence-corrected chi connectivity index (χ1v) is 9.66. The van der Waals surface area contributed by atoms with Gasteiger partial charge in [0.05, 0.1) is 33.5 Å². The summed E-state index contributed by atoms with van der Waals surface area (Å²) in [7, 11) is 0. The molecule has 3 aromatic rings. The molecule has 1 aromatic heterocycles. The molecule has 0 atom stereocenters. The van der Waals surface area contributed by atoms with E-state index < -0.39 is 5.91 Å². The van der Waals surface area contributed by atoms with Crippen LogP contribution in [0.4, 0.5) is 0 Å². The molecule has 150 valence electrons. The highest BCUT2D eigenvalue weighted by atomic mass is 35.5. The van der Waals surface area contributed by atoms with Crippen molar-refractivity contribution in [2.75, 3.05) is 0 Å². The standard InChI is InChI=1S/C21H13Cl3N4O2/c22-17-8-13(11-27-28-21(29)16-6-3-7-26-20(16)24)9-18(23)19(17)30-12-15-5-2-1-4-14(15)10-25/h1-9,11H,12H2,(H,28,29). The van der Waals surface area contributed by atoms with Gasteiger partial charge in [-0.05, 0) is 35.9 Å². The molecule has 1 N–H and O–H groups in total. The number of carbonyl (C=O) groups is 1. The molecule has 3 rings (SSSR count). The zero-order valence-corrected chi connectivity index (χ0v) is 17.5. The SMILES string of the molecule is N#Cc1ccccc1COc1c(Cl)cc(C=NNC(=O)c2cccnc2Cl)cc1Cl. The summed E-state index contributed by atoms with van der Waals surface area (Å²) in [5.41, 5.74) is 4.34. The lowest BCUT2D eigenvalue weighted by molar-refractivity contribution is 0.0955. The van der Waals surface area contributed by atoms with Gasteiger partial charge in [0.25, 0.3) is 5.91 Å². The summed E-state index contributed by atoms with van der Waals surface area (Å²) in [4.78, 5) is 15.9. The third-order valence-electron chi connectivity index (χ3n) is 3.91. The second kappa shape index (κ2) is 10.1. The van der Waals surface area contributed by atoms with Gasteiger partial charge in [-0.1, -0.05) is 53.0 Å². The molecule has 0 unspecified atom stereocenters. The molecular weight excluding hydrogens is 447 g/mol. The van der Waals surface area contributed by atoms with Crippen molar-refractivity contribution in [3.63, 3.8) is 0 Å². The van der Waals surface area contributed by atoms with E-state index >= 15 is 0 Å². The molecule has 9 heteroatoms. The van der Waals surface area contributed by atoms with Gasteiger partial charge in [-0.3, -0.25) is 4.79 Å². The minimum atomic E-state index is -0.502. The first-order valence-electron chi connectivity index (χ1n) is 8.53. The van der Waals surface area contributed by atoms with Gasteiger partial charge >= 0.3 is 0 Å². The van der Waals surface area contributed by atoms with E-state index in [1.807, 2.05) is 6.07 Å². The number of hydrazone groups is 1. The van der Waals surface area contributed by atoms with E-state index in [0.29, 0.717) is 11.1 Å². The second-order valence-corrected chi connectivity index (χ2v) is 7.08. The van der Waals surface area contributed by atoms with Crippen LogP contribution in [0.3, 0.4) is 0 Å². The van der Waals surface area contributed by atoms with Crippen molar-refractivity contribution in [3.8, 4) is 11.8 Å². The van der Waals surface area contributed by atoms with Crippen LogP contribution in [0.2, 0.25) is 15.2 Å². The molecule has 0 bridgehead atoms. The van der Waals surface area contributed by atoms with E-state index in [0.717, 1.165) is 5.56 Å². The minimum absolute atomic E-state index is 0.0794. The van der Waals surface area contributed by atoms with Crippen molar-refractivity contribution in [3.05, 3.63) is 92.2 Å². The molecule has 2 aromatic carbocycles. The molecule has 0 saturated heterocycles. The number of ether oxygens (including phenoxy) is 1. The van der Waals surface area contributed by atoms with Crippen LogP contribution in [0.1, 0.15) is 27.0 Å². The van der Waals surface area contributed by atoms with Crippen molar-refractivity contribution in [1.82, 2.24) is 10.4 Å². The van der Waals surface area contributed by atoms with Gasteiger partial charge in [-0.25, -0.2) is 10.4 Å². The van der Waals surface area contributed by atoms with Gasteiger partial charge in [0.15, 0.2) is 5.75 Å². The normalized spacial score (nSPS) is 10.6. The quantitative estimate of drug-likeness (QED) is 0.309. The Hall–Kier alpha value is -3.11. The Morgan fingerprint density at radius 2 is 1.90 bits per heavy atom. The Morgan fingerprint density at radius 3 is 2.60 bits per heavy atom. The lowest BCUT2D eigenvalue weighted by atomic mass is 10.1. The zero-order valence-electron chi connectivity index (χ0n) is 15.3. The highest BCUT2D eigenvalue weighted by Crippen LogP contribution is 2.34. The summed E-state index contributed by atoms with van der Waals surface area (Å²) in [6.07, 6.45) is 2.86. The Balaban J connectivity index is 1.68. The number of nitriles is 1. The summed E-state index contributed by atoms with van der Waals surface area (Å²) >= 11 is 18.4. The van der Waals surface area contributed by atoms with Gasteiger partial charge in [-0.2, -0.15) is 10.4 Å². The lowest BCUT2D eigenvalue weighted by Gasteiger charge is -2.11. The van der Waals surface area contributed by atoms with E-state index in [2.05, 4.69) is 21.6 Å². The molecule has 0 aliphatic heterocycles. The zero-order chi connectivity index (χ0) is 21.5. The van der Waals surface area contributed by atoms with Gasteiger partial charge in [-0.15, -0.1) is 0 Å². The maximum Gasteiger partial charge on any atom is 0.274 e. The summed E-state index contributed by atoms with van der Waals surface area (Å²) < 4.78 is 5.71. The predicted octanol–water partition coefficient (Wildman–Crippen LogP) is 5.26. The topological polar surface area (TPSA) is 87.4 Å². The molecule has 0 saturated carbocycles. The van der Waals surface area contributed by atoms with E-state index in [9.17, 15) is 4.79 Å². The molecule has 0 aliphatic rings. The average Bonchev–Trinajstić information content (AvgIpc) is 2.73. The molecular formula is C21H13Cl3N4O2. The Bertz CT molecular complexity index is 1140.